The number of methoxy groups -OCH3 is 1. The highest BCUT2D eigenvalue weighted by atomic mass is 16.6. The van der Waals surface area contributed by atoms with Gasteiger partial charge in [0.2, 0.25) is 0 Å². The Bertz CT molecular complexity index is 1340. The van der Waals surface area contributed by atoms with Crippen LogP contribution < -0.4 is 14.8 Å². The lowest BCUT2D eigenvalue weighted by molar-refractivity contribution is -0.142. The zero-order chi connectivity index (χ0) is 25.3. The normalized spacial score (nSPS) is 10.6. The van der Waals surface area contributed by atoms with Crippen molar-refractivity contribution in [1.29, 1.82) is 0 Å². The van der Waals surface area contributed by atoms with E-state index in [0.717, 1.165) is 24.2 Å². The number of carbonyl (C=O) groups excluding carboxylic acids is 2. The van der Waals surface area contributed by atoms with E-state index >= 15 is 0 Å². The number of unbranched alkanes of at least 4 members (excludes halogenated alkanes) is 1. The van der Waals surface area contributed by atoms with Crippen LogP contribution in [-0.2, 0) is 9.53 Å². The highest BCUT2D eigenvalue weighted by Gasteiger charge is 2.13. The summed E-state index contributed by atoms with van der Waals surface area (Å²) in [7, 11) is 1.31. The fourth-order valence-corrected chi connectivity index (χ4v) is 3.58. The maximum atomic E-state index is 12.8. The number of hydrogen-bond acceptors (Lipinski definition) is 6. The summed E-state index contributed by atoms with van der Waals surface area (Å²) in [6, 6.07) is 23.9. The molecule has 7 nitrogen and oxygen atoms in total. The maximum Gasteiger partial charge on any atom is 0.343 e. The van der Waals surface area contributed by atoms with E-state index in [4.69, 9.17) is 19.2 Å². The Balaban J connectivity index is 1.58. The van der Waals surface area contributed by atoms with Crippen molar-refractivity contribution in [2.45, 2.75) is 19.8 Å². The lowest BCUT2D eigenvalue weighted by atomic mass is 10.1. The zero-order valence-corrected chi connectivity index (χ0v) is 20.3. The summed E-state index contributed by atoms with van der Waals surface area (Å²) >= 11 is 0. The van der Waals surface area contributed by atoms with Crippen LogP contribution in [0.1, 0.15) is 30.1 Å². The molecule has 0 unspecified atom stereocenters. The molecule has 0 saturated heterocycles. The molecule has 1 aromatic heterocycles. The standard InChI is InChI=1S/C29H28N2O5/c1-3-4-16-35-23-13-10-21(11-14-23)29(33)30-22-12-15-25-24(17-22)27(36-19-28(32)34-2)18-26(31-25)20-8-6-5-7-9-20/h5-15,17-18H,3-4,16,19H2,1-2H3,(H,30,33). The molecule has 1 amide bonds. The summed E-state index contributed by atoms with van der Waals surface area (Å²) in [6.07, 6.45) is 2.04. The zero-order valence-electron chi connectivity index (χ0n) is 20.3. The van der Waals surface area contributed by atoms with Gasteiger partial charge in [-0.15, -0.1) is 0 Å². The van der Waals surface area contributed by atoms with Gasteiger partial charge in [0.05, 0.1) is 24.9 Å². The van der Waals surface area contributed by atoms with Crippen molar-refractivity contribution in [2.75, 3.05) is 25.6 Å². The second kappa shape index (κ2) is 11.8. The van der Waals surface area contributed by atoms with Crippen molar-refractivity contribution in [3.63, 3.8) is 0 Å². The number of amides is 1. The smallest absolute Gasteiger partial charge is 0.343 e. The Labute approximate surface area is 210 Å². The number of pyridine rings is 1. The molecule has 0 fully saturated rings. The van der Waals surface area contributed by atoms with Gasteiger partial charge < -0.3 is 19.5 Å². The quantitative estimate of drug-likeness (QED) is 0.223. The van der Waals surface area contributed by atoms with E-state index in [1.54, 1.807) is 42.5 Å². The number of nitrogens with one attached hydrogen (secondary N) is 1. The Hall–Kier alpha value is -4.39. The lowest BCUT2D eigenvalue weighted by Crippen LogP contribution is -2.13. The molecule has 4 aromatic rings. The van der Waals surface area contributed by atoms with Gasteiger partial charge in [0, 0.05) is 28.3 Å². The van der Waals surface area contributed by atoms with E-state index in [0.29, 0.717) is 40.2 Å². The molecule has 36 heavy (non-hydrogen) atoms. The molecule has 7 heteroatoms. The highest BCUT2D eigenvalue weighted by Crippen LogP contribution is 2.32. The van der Waals surface area contributed by atoms with Crippen LogP contribution in [0.3, 0.4) is 0 Å². The SMILES string of the molecule is CCCCOc1ccc(C(=O)Nc2ccc3nc(-c4ccccc4)cc(OCC(=O)OC)c3c2)cc1. The first-order valence-electron chi connectivity index (χ1n) is 11.8. The van der Waals surface area contributed by atoms with Crippen LogP contribution in [0.25, 0.3) is 22.2 Å². The van der Waals surface area contributed by atoms with Crippen LogP contribution in [-0.4, -0.2) is 37.2 Å². The van der Waals surface area contributed by atoms with Gasteiger partial charge in [0.1, 0.15) is 11.5 Å². The van der Waals surface area contributed by atoms with Crippen LogP contribution in [0.2, 0.25) is 0 Å². The Morgan fingerprint density at radius 2 is 1.69 bits per heavy atom. The van der Waals surface area contributed by atoms with Crippen molar-refractivity contribution < 1.29 is 23.8 Å². The number of benzene rings is 3. The number of fused-ring (bicyclic) bond motifs is 1. The third-order valence-corrected chi connectivity index (χ3v) is 5.55. The van der Waals surface area contributed by atoms with E-state index < -0.39 is 5.97 Å². The summed E-state index contributed by atoms with van der Waals surface area (Å²) in [5.41, 5.74) is 3.39. The lowest BCUT2D eigenvalue weighted by Gasteiger charge is -2.13. The molecule has 0 bridgehead atoms. The molecule has 0 aliphatic carbocycles. The molecular weight excluding hydrogens is 456 g/mol. The van der Waals surface area contributed by atoms with Gasteiger partial charge in [-0.3, -0.25) is 4.79 Å². The molecule has 1 N–H and O–H groups in total. The highest BCUT2D eigenvalue weighted by molar-refractivity contribution is 6.05. The minimum Gasteiger partial charge on any atom is -0.494 e. The fraction of sp³-hybridized carbons (Fsp3) is 0.207. The number of esters is 1. The minimum atomic E-state index is -0.493. The monoisotopic (exact) mass is 484 g/mol. The van der Waals surface area contributed by atoms with Crippen LogP contribution in [0.5, 0.6) is 11.5 Å². The van der Waals surface area contributed by atoms with Gasteiger partial charge >= 0.3 is 5.97 Å². The number of rotatable bonds is 10. The summed E-state index contributed by atoms with van der Waals surface area (Å²) in [5.74, 6) is 0.459. The Morgan fingerprint density at radius 1 is 0.917 bits per heavy atom. The molecule has 0 saturated carbocycles. The second-order valence-electron chi connectivity index (χ2n) is 8.15. The van der Waals surface area contributed by atoms with Crippen molar-refractivity contribution in [1.82, 2.24) is 4.98 Å². The molecular formula is C29H28N2O5. The van der Waals surface area contributed by atoms with E-state index in [1.807, 2.05) is 36.4 Å². The van der Waals surface area contributed by atoms with Crippen molar-refractivity contribution in [2.24, 2.45) is 0 Å². The van der Waals surface area contributed by atoms with Crippen molar-refractivity contribution >= 4 is 28.5 Å². The predicted octanol–water partition coefficient (Wildman–Crippen LogP) is 5.88. The van der Waals surface area contributed by atoms with Gasteiger partial charge in [-0.05, 0) is 48.9 Å². The second-order valence-corrected chi connectivity index (χ2v) is 8.15. The van der Waals surface area contributed by atoms with E-state index in [-0.39, 0.29) is 12.5 Å². The van der Waals surface area contributed by atoms with Crippen molar-refractivity contribution in [3.8, 4) is 22.8 Å². The Morgan fingerprint density at radius 3 is 2.42 bits per heavy atom. The van der Waals surface area contributed by atoms with E-state index in [1.165, 1.54) is 7.11 Å². The first-order chi connectivity index (χ1) is 17.6. The van der Waals surface area contributed by atoms with Crippen LogP contribution in [0, 0.1) is 0 Å². The first-order valence-corrected chi connectivity index (χ1v) is 11.8. The maximum absolute atomic E-state index is 12.8. The molecule has 0 aliphatic rings. The van der Waals surface area contributed by atoms with Crippen molar-refractivity contribution in [3.05, 3.63) is 84.4 Å². The van der Waals surface area contributed by atoms with Gasteiger partial charge in [-0.1, -0.05) is 43.7 Å². The van der Waals surface area contributed by atoms with E-state index in [9.17, 15) is 9.59 Å². The first kappa shape index (κ1) is 24.7. The molecule has 0 atom stereocenters. The largest absolute Gasteiger partial charge is 0.494 e. The number of aromatic nitrogens is 1. The number of anilines is 1. The van der Waals surface area contributed by atoms with Crippen LogP contribution in [0.15, 0.2) is 78.9 Å². The van der Waals surface area contributed by atoms with Gasteiger partial charge in [-0.2, -0.15) is 0 Å². The summed E-state index contributed by atoms with van der Waals surface area (Å²) in [4.78, 5) is 29.3. The average molecular weight is 485 g/mol. The third kappa shape index (κ3) is 6.18. The minimum absolute atomic E-state index is 0.243. The third-order valence-electron chi connectivity index (χ3n) is 5.55. The molecule has 1 heterocycles. The molecule has 184 valence electrons. The van der Waals surface area contributed by atoms with Gasteiger partial charge in [0.25, 0.3) is 5.91 Å². The molecule has 3 aromatic carbocycles. The van der Waals surface area contributed by atoms with Crippen LogP contribution >= 0.6 is 0 Å². The summed E-state index contributed by atoms with van der Waals surface area (Å²) in [5, 5.41) is 3.58. The number of ether oxygens (including phenoxy) is 3. The van der Waals surface area contributed by atoms with E-state index in [2.05, 4.69) is 12.2 Å². The van der Waals surface area contributed by atoms with Gasteiger partial charge in [0.15, 0.2) is 6.61 Å². The summed E-state index contributed by atoms with van der Waals surface area (Å²) < 4.78 is 16.2. The molecule has 0 aliphatic heterocycles. The fourth-order valence-electron chi connectivity index (χ4n) is 3.58. The predicted molar refractivity (Wildman–Crippen MR) is 139 cm³/mol. The topological polar surface area (TPSA) is 86.8 Å². The number of carbonyl (C=O) groups is 2. The molecule has 4 rings (SSSR count). The molecule has 0 radical (unpaired) electrons. The Kier molecular flexibility index (Phi) is 8.13. The average Bonchev–Trinajstić information content (AvgIpc) is 2.92. The summed E-state index contributed by atoms with van der Waals surface area (Å²) in [6.45, 7) is 2.52. The van der Waals surface area contributed by atoms with Gasteiger partial charge in [-0.25, -0.2) is 9.78 Å². The number of nitrogens with zero attached hydrogens (tertiary/aromatic N) is 1. The number of hydrogen-bond donors (Lipinski definition) is 1. The van der Waals surface area contributed by atoms with Crippen LogP contribution in [0.4, 0.5) is 5.69 Å². The molecule has 0 spiro atoms.